The molecule has 2 aromatic carbocycles. The van der Waals surface area contributed by atoms with E-state index >= 15 is 0 Å². The predicted octanol–water partition coefficient (Wildman–Crippen LogP) is 2.61. The second kappa shape index (κ2) is 10.5. The van der Waals surface area contributed by atoms with Gasteiger partial charge in [0.25, 0.3) is 0 Å². The van der Waals surface area contributed by atoms with Gasteiger partial charge in [-0.05, 0) is 31.9 Å². The quantitative estimate of drug-likeness (QED) is 0.811. The van der Waals surface area contributed by atoms with Crippen molar-refractivity contribution in [2.75, 3.05) is 31.6 Å². The van der Waals surface area contributed by atoms with Crippen LogP contribution in [0.15, 0.2) is 59.6 Å². The number of likely N-dealkylation sites (N-methyl/N-ethyl adjacent to an activating group) is 1. The molecule has 138 valence electrons. The van der Waals surface area contributed by atoms with Crippen molar-refractivity contribution in [2.45, 2.75) is 19.3 Å². The van der Waals surface area contributed by atoms with Crippen LogP contribution in [-0.4, -0.2) is 43.5 Å². The van der Waals surface area contributed by atoms with Crippen LogP contribution in [0, 0.1) is 0 Å². The third-order valence-electron chi connectivity index (χ3n) is 4.18. The van der Waals surface area contributed by atoms with E-state index in [9.17, 15) is 4.79 Å². The number of carbonyl (C=O) groups is 1. The summed E-state index contributed by atoms with van der Waals surface area (Å²) in [5.74, 6) is 0.0124. The lowest BCUT2D eigenvalue weighted by atomic mass is 10.0. The first-order chi connectivity index (χ1) is 12.7. The van der Waals surface area contributed by atoms with Crippen LogP contribution in [0.5, 0.6) is 0 Å². The average Bonchev–Trinajstić information content (AvgIpc) is 2.81. The number of hydrogen-bond donors (Lipinski definition) is 2. The van der Waals surface area contributed by atoms with E-state index in [4.69, 9.17) is 10.8 Å². The summed E-state index contributed by atoms with van der Waals surface area (Å²) < 4.78 is 0. The second-order valence-corrected chi connectivity index (χ2v) is 6.07. The summed E-state index contributed by atoms with van der Waals surface area (Å²) in [6.45, 7) is 1.25. The van der Waals surface area contributed by atoms with Gasteiger partial charge in [0, 0.05) is 24.8 Å². The molecule has 0 saturated heterocycles. The molecule has 26 heavy (non-hydrogen) atoms. The fraction of sp³-hybridized carbons (Fsp3) is 0.333. The van der Waals surface area contributed by atoms with Gasteiger partial charge in [-0.2, -0.15) is 0 Å². The Morgan fingerprint density at radius 3 is 2.42 bits per heavy atom. The van der Waals surface area contributed by atoms with Gasteiger partial charge in [-0.1, -0.05) is 48.5 Å². The summed E-state index contributed by atoms with van der Waals surface area (Å²) in [6, 6.07) is 17.9. The Balaban J connectivity index is 0.000000298. The lowest BCUT2D eigenvalue weighted by molar-refractivity contribution is -0.116. The van der Waals surface area contributed by atoms with E-state index in [-0.39, 0.29) is 12.5 Å². The van der Waals surface area contributed by atoms with Gasteiger partial charge < -0.3 is 15.7 Å². The predicted molar refractivity (Wildman–Crippen MR) is 107 cm³/mol. The number of para-hydroxylation sites is 1. The minimum Gasteiger partial charge on any atom is -0.396 e. The van der Waals surface area contributed by atoms with E-state index in [1.54, 1.807) is 11.9 Å². The number of aliphatic hydroxyl groups excluding tert-OH is 1. The number of anilines is 1. The number of aliphatic hydroxyl groups is 1. The van der Waals surface area contributed by atoms with Crippen molar-refractivity contribution in [1.29, 1.82) is 0 Å². The molecule has 0 spiro atoms. The number of unbranched alkanes of at least 4 members (excludes halogenated alkanes) is 2. The Hall–Kier alpha value is -2.50. The molecule has 1 aliphatic rings. The lowest BCUT2D eigenvalue weighted by Gasteiger charge is -2.17. The number of aliphatic imine (C=N–C) groups is 1. The van der Waals surface area contributed by atoms with E-state index in [2.05, 4.69) is 4.99 Å². The maximum atomic E-state index is 12.0. The van der Waals surface area contributed by atoms with Crippen LogP contribution >= 0.6 is 0 Å². The van der Waals surface area contributed by atoms with Crippen LogP contribution < -0.4 is 10.6 Å². The summed E-state index contributed by atoms with van der Waals surface area (Å²) in [5, 5.41) is 8.25. The highest BCUT2D eigenvalue weighted by Crippen LogP contribution is 2.25. The summed E-state index contributed by atoms with van der Waals surface area (Å²) in [7, 11) is 1.80. The number of nitrogens with two attached hydrogens (primary N) is 1. The van der Waals surface area contributed by atoms with Crippen LogP contribution in [-0.2, 0) is 4.79 Å². The SMILES string of the molecule is CN1C(=O)CN=C(c2ccccc2)c2ccccc21.NCCCCCO. The van der Waals surface area contributed by atoms with Crippen LogP contribution in [0.3, 0.4) is 0 Å². The number of benzene rings is 2. The van der Waals surface area contributed by atoms with Crippen LogP contribution in [0.4, 0.5) is 5.69 Å². The standard InChI is InChI=1S/C16H14N2O.C5H13NO/c1-18-14-10-6-5-9-13(14)16(17-11-15(18)19)12-7-3-2-4-8-12;6-4-2-1-3-5-7/h2-10H,11H2,1H3;7H,1-6H2. The molecule has 0 bridgehead atoms. The van der Waals surface area contributed by atoms with Gasteiger partial charge >= 0.3 is 0 Å². The van der Waals surface area contributed by atoms with Crippen molar-refractivity contribution in [1.82, 2.24) is 0 Å². The van der Waals surface area contributed by atoms with Gasteiger partial charge in [0.05, 0.1) is 11.4 Å². The van der Waals surface area contributed by atoms with Gasteiger partial charge in [0.15, 0.2) is 0 Å². The molecule has 1 amide bonds. The Morgan fingerprint density at radius 1 is 1.04 bits per heavy atom. The number of amides is 1. The molecule has 0 aromatic heterocycles. The van der Waals surface area contributed by atoms with Gasteiger partial charge in [-0.3, -0.25) is 9.79 Å². The van der Waals surface area contributed by atoms with E-state index < -0.39 is 0 Å². The van der Waals surface area contributed by atoms with E-state index in [0.29, 0.717) is 6.61 Å². The largest absolute Gasteiger partial charge is 0.396 e. The smallest absolute Gasteiger partial charge is 0.248 e. The molecule has 0 aliphatic carbocycles. The molecule has 0 atom stereocenters. The fourth-order valence-electron chi connectivity index (χ4n) is 2.71. The maximum Gasteiger partial charge on any atom is 0.248 e. The highest BCUT2D eigenvalue weighted by atomic mass is 16.2. The van der Waals surface area contributed by atoms with Gasteiger partial charge in [-0.15, -0.1) is 0 Å². The minimum atomic E-state index is 0.0124. The Morgan fingerprint density at radius 2 is 1.73 bits per heavy atom. The molecule has 3 N–H and O–H groups in total. The second-order valence-electron chi connectivity index (χ2n) is 6.07. The molecule has 5 nitrogen and oxygen atoms in total. The summed E-state index contributed by atoms with van der Waals surface area (Å²) in [6.07, 6.45) is 3.00. The Bertz CT molecular complexity index is 725. The molecule has 0 fully saturated rings. The zero-order chi connectivity index (χ0) is 18.8. The van der Waals surface area contributed by atoms with Crippen molar-refractivity contribution in [3.05, 3.63) is 65.7 Å². The van der Waals surface area contributed by atoms with Crippen molar-refractivity contribution in [3.8, 4) is 0 Å². The van der Waals surface area contributed by atoms with E-state index in [0.717, 1.165) is 48.3 Å². The summed E-state index contributed by atoms with van der Waals surface area (Å²) in [5.41, 5.74) is 9.02. The third-order valence-corrected chi connectivity index (χ3v) is 4.18. The van der Waals surface area contributed by atoms with Crippen molar-refractivity contribution in [3.63, 3.8) is 0 Å². The Labute approximate surface area is 155 Å². The zero-order valence-corrected chi connectivity index (χ0v) is 15.3. The molecular weight excluding hydrogens is 326 g/mol. The Kier molecular flexibility index (Phi) is 7.99. The monoisotopic (exact) mass is 353 g/mol. The van der Waals surface area contributed by atoms with Crippen LogP contribution in [0.25, 0.3) is 0 Å². The molecule has 0 radical (unpaired) electrons. The maximum absolute atomic E-state index is 12.0. The van der Waals surface area contributed by atoms with Crippen molar-refractivity contribution in [2.24, 2.45) is 10.7 Å². The number of carbonyl (C=O) groups excluding carboxylic acids is 1. The van der Waals surface area contributed by atoms with Crippen LogP contribution in [0.2, 0.25) is 0 Å². The topological polar surface area (TPSA) is 78.9 Å². The molecule has 3 rings (SSSR count). The number of benzodiazepines with no additional fused rings is 1. The average molecular weight is 353 g/mol. The normalized spacial score (nSPS) is 13.3. The number of hydrogen-bond acceptors (Lipinski definition) is 4. The molecule has 2 aromatic rings. The van der Waals surface area contributed by atoms with Crippen molar-refractivity contribution >= 4 is 17.3 Å². The highest BCUT2D eigenvalue weighted by molar-refractivity contribution is 6.19. The van der Waals surface area contributed by atoms with Crippen molar-refractivity contribution < 1.29 is 9.90 Å². The summed E-state index contributed by atoms with van der Waals surface area (Å²) >= 11 is 0. The molecule has 1 heterocycles. The van der Waals surface area contributed by atoms with Gasteiger partial charge in [-0.25, -0.2) is 0 Å². The molecule has 0 saturated carbocycles. The molecule has 0 unspecified atom stereocenters. The van der Waals surface area contributed by atoms with Gasteiger partial charge in [0.1, 0.15) is 6.54 Å². The molecular formula is C21H27N3O2. The van der Waals surface area contributed by atoms with Gasteiger partial charge in [0.2, 0.25) is 5.91 Å². The van der Waals surface area contributed by atoms with E-state index in [1.807, 2.05) is 54.6 Å². The first-order valence-electron chi connectivity index (χ1n) is 8.95. The number of nitrogens with zero attached hydrogens (tertiary/aromatic N) is 2. The first kappa shape index (κ1) is 19.8. The third kappa shape index (κ3) is 5.25. The zero-order valence-electron chi connectivity index (χ0n) is 15.3. The first-order valence-corrected chi connectivity index (χ1v) is 8.95. The fourth-order valence-corrected chi connectivity index (χ4v) is 2.71. The number of rotatable bonds is 5. The molecule has 5 heteroatoms. The minimum absolute atomic E-state index is 0.0124. The molecule has 1 aliphatic heterocycles. The van der Waals surface area contributed by atoms with E-state index in [1.165, 1.54) is 0 Å². The summed E-state index contributed by atoms with van der Waals surface area (Å²) in [4.78, 5) is 18.1. The highest BCUT2D eigenvalue weighted by Gasteiger charge is 2.21. The van der Waals surface area contributed by atoms with Crippen LogP contribution in [0.1, 0.15) is 30.4 Å². The number of fused-ring (bicyclic) bond motifs is 1. The lowest BCUT2D eigenvalue weighted by Crippen LogP contribution is -2.27.